The van der Waals surface area contributed by atoms with Gasteiger partial charge < -0.3 is 15.4 Å². The van der Waals surface area contributed by atoms with E-state index < -0.39 is 0 Å². The molecule has 4 nitrogen and oxygen atoms in total. The summed E-state index contributed by atoms with van der Waals surface area (Å²) in [4.78, 5) is 12.0. The number of piperidine rings is 1. The molecule has 1 aliphatic rings. The molecule has 0 aromatic heterocycles. The maximum Gasteiger partial charge on any atom is 0.220 e. The van der Waals surface area contributed by atoms with E-state index in [2.05, 4.69) is 29.7 Å². The summed E-state index contributed by atoms with van der Waals surface area (Å²) in [6.45, 7) is 6.56. The second-order valence-corrected chi connectivity index (χ2v) is 6.88. The minimum Gasteiger partial charge on any atom is -0.377 e. The third kappa shape index (κ3) is 9.24. The lowest BCUT2D eigenvalue weighted by Gasteiger charge is -2.28. The topological polar surface area (TPSA) is 50.4 Å². The monoisotopic (exact) mass is 368 g/mol. The first-order chi connectivity index (χ1) is 11.8. The van der Waals surface area contributed by atoms with E-state index >= 15 is 0 Å². The molecule has 1 aromatic rings. The molecular formula is C20H33ClN2O2. The van der Waals surface area contributed by atoms with Crippen LogP contribution in [0, 0.1) is 11.8 Å². The van der Waals surface area contributed by atoms with Crippen LogP contribution in [-0.4, -0.2) is 32.1 Å². The molecule has 0 aliphatic carbocycles. The normalized spacial score (nSPS) is 18.2. The van der Waals surface area contributed by atoms with Gasteiger partial charge in [0.1, 0.15) is 0 Å². The van der Waals surface area contributed by atoms with Gasteiger partial charge in [-0.15, -0.1) is 12.4 Å². The number of carbonyl (C=O) groups excluding carboxylic acids is 1. The molecule has 1 aromatic carbocycles. The van der Waals surface area contributed by atoms with Crippen molar-refractivity contribution < 1.29 is 9.53 Å². The first-order valence-corrected chi connectivity index (χ1v) is 9.35. The quantitative estimate of drug-likeness (QED) is 0.621. The van der Waals surface area contributed by atoms with Crippen molar-refractivity contribution in [3.05, 3.63) is 35.9 Å². The van der Waals surface area contributed by atoms with Gasteiger partial charge in [-0.25, -0.2) is 0 Å². The average Bonchev–Trinajstić information content (AvgIpc) is 2.62. The molecule has 1 amide bonds. The van der Waals surface area contributed by atoms with Gasteiger partial charge >= 0.3 is 0 Å². The van der Waals surface area contributed by atoms with Crippen LogP contribution in [0.4, 0.5) is 0 Å². The fourth-order valence-electron chi connectivity index (χ4n) is 3.22. The van der Waals surface area contributed by atoms with E-state index in [1.807, 2.05) is 18.2 Å². The molecule has 2 unspecified atom stereocenters. The molecule has 0 bridgehead atoms. The van der Waals surface area contributed by atoms with E-state index in [1.165, 1.54) is 18.4 Å². The van der Waals surface area contributed by atoms with Crippen LogP contribution in [0.2, 0.25) is 0 Å². The Kier molecular flexibility index (Phi) is 11.5. The zero-order valence-corrected chi connectivity index (χ0v) is 16.2. The van der Waals surface area contributed by atoms with Crippen molar-refractivity contribution in [1.29, 1.82) is 0 Å². The van der Waals surface area contributed by atoms with Gasteiger partial charge in [0.15, 0.2) is 0 Å². The van der Waals surface area contributed by atoms with Crippen molar-refractivity contribution >= 4 is 18.3 Å². The maximum atomic E-state index is 12.0. The highest BCUT2D eigenvalue weighted by molar-refractivity contribution is 5.85. The summed E-state index contributed by atoms with van der Waals surface area (Å²) in [5.41, 5.74) is 1.21. The summed E-state index contributed by atoms with van der Waals surface area (Å²) in [7, 11) is 0. The van der Waals surface area contributed by atoms with E-state index in [0.29, 0.717) is 24.9 Å². The molecule has 5 heteroatoms. The Balaban J connectivity index is 0.00000312. The molecule has 2 atom stereocenters. The number of halogens is 1. The lowest BCUT2D eigenvalue weighted by molar-refractivity contribution is -0.122. The number of hydrogen-bond acceptors (Lipinski definition) is 3. The molecule has 25 heavy (non-hydrogen) atoms. The highest BCUT2D eigenvalue weighted by Gasteiger charge is 2.21. The number of hydrogen-bond donors (Lipinski definition) is 2. The first kappa shape index (κ1) is 21.9. The molecule has 0 saturated carbocycles. The fraction of sp³-hybridized carbons (Fsp3) is 0.650. The largest absolute Gasteiger partial charge is 0.377 e. The van der Waals surface area contributed by atoms with Crippen molar-refractivity contribution in [2.75, 3.05) is 26.2 Å². The fourth-order valence-corrected chi connectivity index (χ4v) is 3.22. The summed E-state index contributed by atoms with van der Waals surface area (Å²) in [5.74, 6) is 1.31. The number of rotatable bonds is 10. The Hall–Kier alpha value is -1.10. The minimum absolute atomic E-state index is 0. The van der Waals surface area contributed by atoms with Crippen molar-refractivity contribution in [2.24, 2.45) is 11.8 Å². The van der Waals surface area contributed by atoms with Crippen molar-refractivity contribution in [3.63, 3.8) is 0 Å². The van der Waals surface area contributed by atoms with Crippen LogP contribution in [0.5, 0.6) is 0 Å². The van der Waals surface area contributed by atoms with Gasteiger partial charge in [-0.3, -0.25) is 4.79 Å². The zero-order chi connectivity index (χ0) is 17.0. The molecule has 1 heterocycles. The van der Waals surface area contributed by atoms with Crippen LogP contribution in [0.1, 0.15) is 44.6 Å². The Bertz CT molecular complexity index is 464. The number of carbonyl (C=O) groups is 1. The molecule has 1 aliphatic heterocycles. The third-order valence-corrected chi connectivity index (χ3v) is 4.80. The van der Waals surface area contributed by atoms with Gasteiger partial charge in [-0.05, 0) is 56.2 Å². The lowest BCUT2D eigenvalue weighted by Crippen LogP contribution is -2.35. The summed E-state index contributed by atoms with van der Waals surface area (Å²) < 4.78 is 5.65. The Morgan fingerprint density at radius 3 is 2.84 bits per heavy atom. The van der Waals surface area contributed by atoms with Crippen LogP contribution >= 0.6 is 12.4 Å². The predicted molar refractivity (Wildman–Crippen MR) is 105 cm³/mol. The molecule has 142 valence electrons. The predicted octanol–water partition coefficient (Wildman–Crippen LogP) is 3.55. The van der Waals surface area contributed by atoms with E-state index in [0.717, 1.165) is 39.1 Å². The summed E-state index contributed by atoms with van der Waals surface area (Å²) >= 11 is 0. The lowest BCUT2D eigenvalue weighted by atomic mass is 9.85. The number of unbranched alkanes of at least 4 members (excludes halogenated alkanes) is 1. The minimum atomic E-state index is 0. The van der Waals surface area contributed by atoms with Crippen LogP contribution < -0.4 is 10.6 Å². The average molecular weight is 369 g/mol. The smallest absolute Gasteiger partial charge is 0.220 e. The second kappa shape index (κ2) is 13.2. The van der Waals surface area contributed by atoms with E-state index in [-0.39, 0.29) is 18.3 Å². The summed E-state index contributed by atoms with van der Waals surface area (Å²) in [6, 6.07) is 10.2. The van der Waals surface area contributed by atoms with Crippen molar-refractivity contribution in [3.8, 4) is 0 Å². The van der Waals surface area contributed by atoms with Gasteiger partial charge in [0, 0.05) is 19.6 Å². The SMILES string of the molecule is CC(CC(=O)NCCCCOCc1ccccc1)C1CCCNC1.Cl. The molecule has 0 radical (unpaired) electrons. The Labute approximate surface area is 158 Å². The van der Waals surface area contributed by atoms with E-state index in [9.17, 15) is 4.79 Å². The molecule has 1 saturated heterocycles. The Morgan fingerprint density at radius 1 is 1.32 bits per heavy atom. The van der Waals surface area contributed by atoms with Crippen LogP contribution in [0.25, 0.3) is 0 Å². The highest BCUT2D eigenvalue weighted by atomic mass is 35.5. The van der Waals surface area contributed by atoms with Gasteiger partial charge in [0.25, 0.3) is 0 Å². The zero-order valence-electron chi connectivity index (χ0n) is 15.3. The number of nitrogens with one attached hydrogen (secondary N) is 2. The van der Waals surface area contributed by atoms with Gasteiger partial charge in [-0.2, -0.15) is 0 Å². The van der Waals surface area contributed by atoms with Crippen LogP contribution in [-0.2, 0) is 16.1 Å². The van der Waals surface area contributed by atoms with Gasteiger partial charge in [0.2, 0.25) is 5.91 Å². The molecular weight excluding hydrogens is 336 g/mol. The summed E-state index contributed by atoms with van der Waals surface area (Å²) in [5, 5.41) is 6.47. The highest BCUT2D eigenvalue weighted by Crippen LogP contribution is 2.22. The van der Waals surface area contributed by atoms with E-state index in [1.54, 1.807) is 0 Å². The van der Waals surface area contributed by atoms with Crippen LogP contribution in [0.3, 0.4) is 0 Å². The van der Waals surface area contributed by atoms with Crippen molar-refractivity contribution in [2.45, 2.75) is 45.6 Å². The molecule has 2 N–H and O–H groups in total. The summed E-state index contributed by atoms with van der Waals surface area (Å²) in [6.07, 6.45) is 5.09. The molecule has 0 spiro atoms. The number of ether oxygens (including phenoxy) is 1. The Morgan fingerprint density at radius 2 is 2.12 bits per heavy atom. The maximum absolute atomic E-state index is 12.0. The number of benzene rings is 1. The second-order valence-electron chi connectivity index (χ2n) is 6.88. The standard InChI is InChI=1S/C20H32N2O2.ClH/c1-17(19-10-7-11-21-15-19)14-20(23)22-12-5-6-13-24-16-18-8-3-2-4-9-18;/h2-4,8-9,17,19,21H,5-7,10-16H2,1H3,(H,22,23);1H. The number of amides is 1. The first-order valence-electron chi connectivity index (χ1n) is 9.35. The van der Waals surface area contributed by atoms with Crippen LogP contribution in [0.15, 0.2) is 30.3 Å². The third-order valence-electron chi connectivity index (χ3n) is 4.80. The van der Waals surface area contributed by atoms with E-state index in [4.69, 9.17) is 4.74 Å². The molecule has 2 rings (SSSR count). The van der Waals surface area contributed by atoms with Gasteiger partial charge in [0.05, 0.1) is 6.61 Å². The van der Waals surface area contributed by atoms with Crippen molar-refractivity contribution in [1.82, 2.24) is 10.6 Å². The van der Waals surface area contributed by atoms with Gasteiger partial charge in [-0.1, -0.05) is 37.3 Å². The molecule has 1 fully saturated rings.